The van der Waals surface area contributed by atoms with Gasteiger partial charge in [-0.15, -0.1) is 10.2 Å². The van der Waals surface area contributed by atoms with Crippen molar-refractivity contribution in [2.24, 2.45) is 0 Å². The summed E-state index contributed by atoms with van der Waals surface area (Å²) in [6.45, 7) is 2.43. The maximum Gasteiger partial charge on any atom is 0.254 e. The number of nitrogens with zero attached hydrogens (tertiary/aromatic N) is 5. The first-order chi connectivity index (χ1) is 17.2. The van der Waals surface area contributed by atoms with Crippen LogP contribution >= 0.6 is 0 Å². The third-order valence-electron chi connectivity index (χ3n) is 5.96. The zero-order valence-corrected chi connectivity index (χ0v) is 19.5. The lowest BCUT2D eigenvalue weighted by atomic mass is 10.1. The Kier molecular flexibility index (Phi) is 6.30. The molecule has 5 rings (SSSR count). The maximum absolute atomic E-state index is 13.0. The zero-order chi connectivity index (χ0) is 24.2. The van der Waals surface area contributed by atoms with E-state index in [2.05, 4.69) is 20.1 Å². The Labute approximate surface area is 202 Å². The lowest BCUT2D eigenvalue weighted by Crippen LogP contribution is -2.49. The number of ether oxygens (including phenoxy) is 2. The van der Waals surface area contributed by atoms with Crippen molar-refractivity contribution in [3.63, 3.8) is 0 Å². The van der Waals surface area contributed by atoms with Gasteiger partial charge in [0, 0.05) is 43.5 Å². The standard InChI is InChI=1S/C26H25N5O4/c1-33-20-10-8-18(9-11-20)24-28-29-25(35-24)22-7-4-12-27-23(22)30-13-15-31(16-14-30)26(32)19-5-3-6-21(17-19)34-2/h3-12,17H,13-16H2,1-2H3. The second kappa shape index (κ2) is 9.84. The fourth-order valence-electron chi connectivity index (χ4n) is 4.06. The van der Waals surface area contributed by atoms with E-state index < -0.39 is 0 Å². The predicted octanol–water partition coefficient (Wildman–Crippen LogP) is 3.78. The zero-order valence-electron chi connectivity index (χ0n) is 19.5. The van der Waals surface area contributed by atoms with Gasteiger partial charge in [-0.3, -0.25) is 4.79 Å². The molecule has 0 spiro atoms. The van der Waals surface area contributed by atoms with E-state index in [1.165, 1.54) is 0 Å². The van der Waals surface area contributed by atoms with Crippen molar-refractivity contribution in [1.29, 1.82) is 0 Å². The highest BCUT2D eigenvalue weighted by atomic mass is 16.5. The Morgan fingerprint density at radius 1 is 0.857 bits per heavy atom. The molecule has 9 nitrogen and oxygen atoms in total. The molecule has 1 amide bonds. The number of carbonyl (C=O) groups is 1. The van der Waals surface area contributed by atoms with Crippen LogP contribution in [0.3, 0.4) is 0 Å². The third kappa shape index (κ3) is 4.65. The number of benzene rings is 2. The van der Waals surface area contributed by atoms with Gasteiger partial charge in [0.15, 0.2) is 0 Å². The summed E-state index contributed by atoms with van der Waals surface area (Å²) < 4.78 is 16.5. The Morgan fingerprint density at radius 3 is 2.34 bits per heavy atom. The summed E-state index contributed by atoms with van der Waals surface area (Å²) >= 11 is 0. The molecule has 0 atom stereocenters. The largest absolute Gasteiger partial charge is 0.497 e. The Bertz CT molecular complexity index is 1310. The first-order valence-corrected chi connectivity index (χ1v) is 11.3. The topological polar surface area (TPSA) is 93.8 Å². The van der Waals surface area contributed by atoms with Gasteiger partial charge in [-0.1, -0.05) is 6.07 Å². The monoisotopic (exact) mass is 471 g/mol. The van der Waals surface area contributed by atoms with Crippen LogP contribution in [0.25, 0.3) is 22.9 Å². The quantitative estimate of drug-likeness (QED) is 0.419. The average Bonchev–Trinajstić information content (AvgIpc) is 3.43. The number of carbonyl (C=O) groups excluding carboxylic acids is 1. The molecule has 0 unspecified atom stereocenters. The second-order valence-corrected chi connectivity index (χ2v) is 8.03. The molecule has 2 aromatic heterocycles. The van der Waals surface area contributed by atoms with E-state index in [9.17, 15) is 4.79 Å². The van der Waals surface area contributed by atoms with E-state index in [-0.39, 0.29) is 5.91 Å². The van der Waals surface area contributed by atoms with Gasteiger partial charge in [0.25, 0.3) is 11.8 Å². The summed E-state index contributed by atoms with van der Waals surface area (Å²) in [5.74, 6) is 2.99. The fraction of sp³-hybridized carbons (Fsp3) is 0.231. The molecule has 0 saturated carbocycles. The average molecular weight is 472 g/mol. The highest BCUT2D eigenvalue weighted by Gasteiger charge is 2.26. The Morgan fingerprint density at radius 2 is 1.60 bits per heavy atom. The van der Waals surface area contributed by atoms with E-state index in [0.717, 1.165) is 22.7 Å². The van der Waals surface area contributed by atoms with Gasteiger partial charge < -0.3 is 23.7 Å². The number of anilines is 1. The molecule has 0 radical (unpaired) electrons. The minimum atomic E-state index is -0.00849. The summed E-state index contributed by atoms with van der Waals surface area (Å²) in [7, 11) is 3.22. The molecule has 4 aromatic rings. The van der Waals surface area contributed by atoms with Gasteiger partial charge in [0.1, 0.15) is 17.3 Å². The van der Waals surface area contributed by atoms with Crippen molar-refractivity contribution < 1.29 is 18.7 Å². The molecule has 0 aliphatic carbocycles. The first kappa shape index (κ1) is 22.4. The molecule has 1 aliphatic heterocycles. The molecule has 3 heterocycles. The van der Waals surface area contributed by atoms with E-state index in [0.29, 0.717) is 49.3 Å². The van der Waals surface area contributed by atoms with E-state index >= 15 is 0 Å². The Balaban J connectivity index is 1.31. The van der Waals surface area contributed by atoms with Crippen molar-refractivity contribution in [2.45, 2.75) is 0 Å². The lowest BCUT2D eigenvalue weighted by molar-refractivity contribution is 0.0746. The summed E-state index contributed by atoms with van der Waals surface area (Å²) in [5, 5.41) is 8.49. The number of rotatable bonds is 6. The molecule has 2 aromatic carbocycles. The van der Waals surface area contributed by atoms with Crippen molar-refractivity contribution in [2.75, 3.05) is 45.3 Å². The van der Waals surface area contributed by atoms with Gasteiger partial charge in [-0.25, -0.2) is 4.98 Å². The van der Waals surface area contributed by atoms with Gasteiger partial charge in [0.2, 0.25) is 5.89 Å². The Hall–Kier alpha value is -4.40. The smallest absolute Gasteiger partial charge is 0.254 e. The first-order valence-electron chi connectivity index (χ1n) is 11.3. The molecular weight excluding hydrogens is 446 g/mol. The maximum atomic E-state index is 13.0. The van der Waals surface area contributed by atoms with Crippen LogP contribution in [0.4, 0.5) is 5.82 Å². The lowest BCUT2D eigenvalue weighted by Gasteiger charge is -2.36. The third-order valence-corrected chi connectivity index (χ3v) is 5.96. The van der Waals surface area contributed by atoms with Crippen LogP contribution in [-0.2, 0) is 0 Å². The van der Waals surface area contributed by atoms with Crippen LogP contribution in [0, 0.1) is 0 Å². The van der Waals surface area contributed by atoms with Gasteiger partial charge in [0.05, 0.1) is 19.8 Å². The minimum absolute atomic E-state index is 0.00849. The van der Waals surface area contributed by atoms with Gasteiger partial charge >= 0.3 is 0 Å². The molecule has 9 heteroatoms. The van der Waals surface area contributed by atoms with E-state index in [4.69, 9.17) is 13.9 Å². The molecule has 178 valence electrons. The second-order valence-electron chi connectivity index (χ2n) is 8.03. The van der Waals surface area contributed by atoms with Crippen LogP contribution in [-0.4, -0.2) is 66.4 Å². The minimum Gasteiger partial charge on any atom is -0.497 e. The molecule has 35 heavy (non-hydrogen) atoms. The van der Waals surface area contributed by atoms with Crippen LogP contribution in [0.5, 0.6) is 11.5 Å². The number of amides is 1. The van der Waals surface area contributed by atoms with Gasteiger partial charge in [-0.2, -0.15) is 0 Å². The van der Waals surface area contributed by atoms with Crippen LogP contribution in [0.15, 0.2) is 71.3 Å². The molecular formula is C26H25N5O4. The predicted molar refractivity (Wildman–Crippen MR) is 131 cm³/mol. The van der Waals surface area contributed by atoms with Crippen LogP contribution in [0.1, 0.15) is 10.4 Å². The highest BCUT2D eigenvalue weighted by Crippen LogP contribution is 2.31. The number of hydrogen-bond donors (Lipinski definition) is 0. The van der Waals surface area contributed by atoms with E-state index in [1.807, 2.05) is 59.5 Å². The summed E-state index contributed by atoms with van der Waals surface area (Å²) in [6.07, 6.45) is 1.74. The van der Waals surface area contributed by atoms with Crippen molar-refractivity contribution >= 4 is 11.7 Å². The normalized spacial score (nSPS) is 13.5. The summed E-state index contributed by atoms with van der Waals surface area (Å²) in [6, 6.07) is 18.4. The fourth-order valence-corrected chi connectivity index (χ4v) is 4.06. The molecule has 1 fully saturated rings. The SMILES string of the molecule is COc1ccc(-c2nnc(-c3cccnc3N3CCN(C(=O)c4cccc(OC)c4)CC3)o2)cc1. The van der Waals surface area contributed by atoms with Gasteiger partial charge in [-0.05, 0) is 54.6 Å². The highest BCUT2D eigenvalue weighted by molar-refractivity contribution is 5.94. The van der Waals surface area contributed by atoms with Crippen LogP contribution < -0.4 is 14.4 Å². The van der Waals surface area contributed by atoms with Crippen LogP contribution in [0.2, 0.25) is 0 Å². The van der Waals surface area contributed by atoms with Crippen molar-refractivity contribution in [3.8, 4) is 34.4 Å². The summed E-state index contributed by atoms with van der Waals surface area (Å²) in [5.41, 5.74) is 2.18. The number of pyridine rings is 1. The van der Waals surface area contributed by atoms with Crippen molar-refractivity contribution in [3.05, 3.63) is 72.4 Å². The van der Waals surface area contributed by atoms with Crippen molar-refractivity contribution in [1.82, 2.24) is 20.1 Å². The summed E-state index contributed by atoms with van der Waals surface area (Å²) in [4.78, 5) is 21.6. The number of piperazine rings is 1. The molecule has 1 aliphatic rings. The number of methoxy groups -OCH3 is 2. The number of hydrogen-bond acceptors (Lipinski definition) is 8. The number of aromatic nitrogens is 3. The van der Waals surface area contributed by atoms with E-state index in [1.54, 1.807) is 26.5 Å². The molecule has 1 saturated heterocycles. The molecule has 0 bridgehead atoms. The molecule has 0 N–H and O–H groups in total.